The SMILES string of the molecule is COC(C)CCC(=O)Nc1nc(CCl)cs1. The van der Waals surface area contributed by atoms with Gasteiger partial charge in [-0.2, -0.15) is 0 Å². The molecule has 1 atom stereocenters. The second-order valence-corrected chi connectivity index (χ2v) is 4.54. The molecule has 0 saturated carbocycles. The van der Waals surface area contributed by atoms with Crippen LogP contribution in [-0.4, -0.2) is 24.1 Å². The van der Waals surface area contributed by atoms with E-state index in [1.165, 1.54) is 11.3 Å². The van der Waals surface area contributed by atoms with Crippen molar-refractivity contribution in [2.24, 2.45) is 0 Å². The smallest absolute Gasteiger partial charge is 0.226 e. The van der Waals surface area contributed by atoms with Gasteiger partial charge in [-0.3, -0.25) is 4.79 Å². The van der Waals surface area contributed by atoms with E-state index in [2.05, 4.69) is 10.3 Å². The molecule has 1 N–H and O–H groups in total. The largest absolute Gasteiger partial charge is 0.382 e. The summed E-state index contributed by atoms with van der Waals surface area (Å²) < 4.78 is 5.06. The Balaban J connectivity index is 2.33. The van der Waals surface area contributed by atoms with Gasteiger partial charge in [0, 0.05) is 18.9 Å². The summed E-state index contributed by atoms with van der Waals surface area (Å²) in [7, 11) is 1.64. The van der Waals surface area contributed by atoms with Crippen molar-refractivity contribution in [2.75, 3.05) is 12.4 Å². The van der Waals surface area contributed by atoms with Gasteiger partial charge in [0.05, 0.1) is 17.7 Å². The Bertz CT molecular complexity index is 343. The number of carbonyl (C=O) groups is 1. The summed E-state index contributed by atoms with van der Waals surface area (Å²) in [6, 6.07) is 0. The van der Waals surface area contributed by atoms with Crippen molar-refractivity contribution in [2.45, 2.75) is 31.7 Å². The Morgan fingerprint density at radius 3 is 3.06 bits per heavy atom. The van der Waals surface area contributed by atoms with E-state index >= 15 is 0 Å². The number of thiazole rings is 1. The maximum Gasteiger partial charge on any atom is 0.226 e. The molecule has 1 heterocycles. The zero-order valence-electron chi connectivity index (χ0n) is 9.33. The lowest BCUT2D eigenvalue weighted by Crippen LogP contribution is -2.15. The third-order valence-electron chi connectivity index (χ3n) is 2.12. The molecule has 1 aromatic rings. The van der Waals surface area contributed by atoms with Crippen LogP contribution in [0.4, 0.5) is 5.13 Å². The van der Waals surface area contributed by atoms with Gasteiger partial charge in [-0.05, 0) is 13.3 Å². The highest BCUT2D eigenvalue weighted by molar-refractivity contribution is 7.13. The molecule has 0 radical (unpaired) electrons. The Hall–Kier alpha value is -0.650. The number of nitrogens with one attached hydrogen (secondary N) is 1. The fourth-order valence-corrected chi connectivity index (χ4v) is 2.01. The van der Waals surface area contributed by atoms with E-state index in [9.17, 15) is 4.79 Å². The molecule has 1 aromatic heterocycles. The molecular formula is C10H15ClN2O2S. The number of rotatable bonds is 6. The number of hydrogen-bond acceptors (Lipinski definition) is 4. The van der Waals surface area contributed by atoms with Crippen molar-refractivity contribution in [3.8, 4) is 0 Å². The predicted octanol–water partition coefficient (Wildman–Crippen LogP) is 2.64. The molecule has 0 aliphatic carbocycles. The van der Waals surface area contributed by atoms with Crippen molar-refractivity contribution in [1.82, 2.24) is 4.98 Å². The van der Waals surface area contributed by atoms with Crippen molar-refractivity contribution in [3.63, 3.8) is 0 Å². The van der Waals surface area contributed by atoms with E-state index in [4.69, 9.17) is 16.3 Å². The number of amides is 1. The summed E-state index contributed by atoms with van der Waals surface area (Å²) in [5, 5.41) is 5.17. The van der Waals surface area contributed by atoms with Crippen LogP contribution in [0.15, 0.2) is 5.38 Å². The number of anilines is 1. The number of carbonyl (C=O) groups excluding carboxylic acids is 1. The summed E-state index contributed by atoms with van der Waals surface area (Å²) in [5.41, 5.74) is 0.784. The van der Waals surface area contributed by atoms with Gasteiger partial charge in [0.15, 0.2) is 5.13 Å². The fourth-order valence-electron chi connectivity index (χ4n) is 1.06. The summed E-state index contributed by atoms with van der Waals surface area (Å²) >= 11 is 7.00. The molecule has 16 heavy (non-hydrogen) atoms. The maximum atomic E-state index is 11.5. The van der Waals surface area contributed by atoms with E-state index in [0.717, 1.165) is 5.69 Å². The lowest BCUT2D eigenvalue weighted by Gasteiger charge is -2.07. The van der Waals surface area contributed by atoms with Crippen LogP contribution < -0.4 is 5.32 Å². The molecule has 4 nitrogen and oxygen atoms in total. The molecular weight excluding hydrogens is 248 g/mol. The molecule has 0 spiro atoms. The maximum absolute atomic E-state index is 11.5. The van der Waals surface area contributed by atoms with Crippen LogP contribution in [0.3, 0.4) is 0 Å². The molecule has 1 amide bonds. The summed E-state index contributed by atoms with van der Waals surface area (Å²) in [5.74, 6) is 0.326. The van der Waals surface area contributed by atoms with Crippen LogP contribution in [0.25, 0.3) is 0 Å². The van der Waals surface area contributed by atoms with Crippen LogP contribution in [0.1, 0.15) is 25.5 Å². The van der Waals surface area contributed by atoms with Gasteiger partial charge in [-0.15, -0.1) is 22.9 Å². The zero-order chi connectivity index (χ0) is 12.0. The molecule has 0 fully saturated rings. The molecule has 6 heteroatoms. The van der Waals surface area contributed by atoms with Crippen molar-refractivity contribution < 1.29 is 9.53 Å². The molecule has 90 valence electrons. The average Bonchev–Trinajstić information content (AvgIpc) is 2.73. The number of nitrogens with zero attached hydrogens (tertiary/aromatic N) is 1. The first-order chi connectivity index (χ1) is 7.65. The van der Waals surface area contributed by atoms with E-state index < -0.39 is 0 Å². The molecule has 0 saturated heterocycles. The Morgan fingerprint density at radius 2 is 2.50 bits per heavy atom. The van der Waals surface area contributed by atoms with Crippen LogP contribution in [0, 0.1) is 0 Å². The normalized spacial score (nSPS) is 12.4. The van der Waals surface area contributed by atoms with E-state index in [1.54, 1.807) is 7.11 Å². The molecule has 1 rings (SSSR count). The number of aromatic nitrogens is 1. The minimum atomic E-state index is -0.0422. The topological polar surface area (TPSA) is 51.2 Å². The number of hydrogen-bond donors (Lipinski definition) is 1. The predicted molar refractivity (Wildman–Crippen MR) is 66.0 cm³/mol. The Morgan fingerprint density at radius 1 is 1.75 bits per heavy atom. The van der Waals surface area contributed by atoms with Crippen molar-refractivity contribution >= 4 is 34.0 Å². The second kappa shape index (κ2) is 6.83. The molecule has 0 bridgehead atoms. The minimum absolute atomic E-state index is 0.0422. The van der Waals surface area contributed by atoms with Gasteiger partial charge in [0.25, 0.3) is 0 Å². The van der Waals surface area contributed by atoms with Gasteiger partial charge in [0.2, 0.25) is 5.91 Å². The Labute approximate surface area is 104 Å². The fraction of sp³-hybridized carbons (Fsp3) is 0.600. The second-order valence-electron chi connectivity index (χ2n) is 3.41. The lowest BCUT2D eigenvalue weighted by molar-refractivity contribution is -0.116. The number of methoxy groups -OCH3 is 1. The highest BCUT2D eigenvalue weighted by Crippen LogP contribution is 2.17. The summed E-state index contributed by atoms with van der Waals surface area (Å²) in [4.78, 5) is 15.6. The first-order valence-electron chi connectivity index (χ1n) is 4.98. The van der Waals surface area contributed by atoms with Crippen LogP contribution in [-0.2, 0) is 15.4 Å². The monoisotopic (exact) mass is 262 g/mol. The highest BCUT2D eigenvalue weighted by atomic mass is 35.5. The Kier molecular flexibility index (Phi) is 5.73. The third-order valence-corrected chi connectivity index (χ3v) is 3.20. The van der Waals surface area contributed by atoms with Gasteiger partial charge in [-0.1, -0.05) is 0 Å². The van der Waals surface area contributed by atoms with Gasteiger partial charge in [-0.25, -0.2) is 4.98 Å². The quantitative estimate of drug-likeness (QED) is 0.802. The van der Waals surface area contributed by atoms with Gasteiger partial charge < -0.3 is 10.1 Å². The van der Waals surface area contributed by atoms with Crippen LogP contribution in [0.5, 0.6) is 0 Å². The molecule has 1 unspecified atom stereocenters. The highest BCUT2D eigenvalue weighted by Gasteiger charge is 2.08. The van der Waals surface area contributed by atoms with Gasteiger partial charge >= 0.3 is 0 Å². The van der Waals surface area contributed by atoms with Crippen molar-refractivity contribution in [1.29, 1.82) is 0 Å². The third kappa shape index (κ3) is 4.47. The lowest BCUT2D eigenvalue weighted by atomic mass is 10.2. The first kappa shape index (κ1) is 13.4. The van der Waals surface area contributed by atoms with Crippen LogP contribution in [0.2, 0.25) is 0 Å². The average molecular weight is 263 g/mol. The number of alkyl halides is 1. The zero-order valence-corrected chi connectivity index (χ0v) is 10.9. The minimum Gasteiger partial charge on any atom is -0.382 e. The van der Waals surface area contributed by atoms with Crippen LogP contribution >= 0.6 is 22.9 Å². The first-order valence-corrected chi connectivity index (χ1v) is 6.40. The van der Waals surface area contributed by atoms with E-state index in [1.807, 2.05) is 12.3 Å². The summed E-state index contributed by atoms with van der Waals surface area (Å²) in [6.45, 7) is 1.93. The van der Waals surface area contributed by atoms with Gasteiger partial charge in [0.1, 0.15) is 0 Å². The standard InChI is InChI=1S/C10H15ClN2O2S/c1-7(15-2)3-4-9(14)13-10-12-8(5-11)6-16-10/h6-7H,3-5H2,1-2H3,(H,12,13,14). The molecule has 0 aromatic carbocycles. The number of halogens is 1. The number of ether oxygens (including phenoxy) is 1. The van der Waals surface area contributed by atoms with Crippen molar-refractivity contribution in [3.05, 3.63) is 11.1 Å². The van der Waals surface area contributed by atoms with E-state index in [-0.39, 0.29) is 12.0 Å². The summed E-state index contributed by atoms with van der Waals surface area (Å²) in [6.07, 6.45) is 1.24. The molecule has 0 aliphatic heterocycles. The molecule has 0 aliphatic rings. The van der Waals surface area contributed by atoms with E-state index in [0.29, 0.717) is 23.9 Å².